The predicted molar refractivity (Wildman–Crippen MR) is 70.9 cm³/mol. The van der Waals surface area contributed by atoms with Crippen LogP contribution in [0.5, 0.6) is 0 Å². The molecular weight excluding hydrogens is 236 g/mol. The topological polar surface area (TPSA) is 58.2 Å². The maximum absolute atomic E-state index is 11.6. The zero-order valence-electron chi connectivity index (χ0n) is 9.57. The summed E-state index contributed by atoms with van der Waals surface area (Å²) < 4.78 is 25.7. The van der Waals surface area contributed by atoms with E-state index in [2.05, 4.69) is 16.6 Å². The minimum Gasteiger partial charge on any atom is -0.385 e. The van der Waals surface area contributed by atoms with Crippen molar-refractivity contribution in [1.82, 2.24) is 0 Å². The number of hydrogen-bond donors (Lipinski definition) is 2. The van der Waals surface area contributed by atoms with E-state index in [9.17, 15) is 8.42 Å². The summed E-state index contributed by atoms with van der Waals surface area (Å²) in [5.41, 5.74) is 2.86. The molecule has 0 aromatic heterocycles. The molecule has 1 aromatic carbocycles. The van der Waals surface area contributed by atoms with E-state index >= 15 is 0 Å². The lowest BCUT2D eigenvalue weighted by Gasteiger charge is -2.19. The summed E-state index contributed by atoms with van der Waals surface area (Å²) in [5, 5.41) is 3.27. The van der Waals surface area contributed by atoms with Crippen molar-refractivity contribution in [1.29, 1.82) is 0 Å². The Hall–Kier alpha value is -1.49. The Labute approximate surface area is 102 Å². The van der Waals surface area contributed by atoms with Crippen molar-refractivity contribution in [3.8, 4) is 0 Å². The normalized spacial score (nSPS) is 14.6. The van der Waals surface area contributed by atoms with Crippen LogP contribution in [0.1, 0.15) is 12.0 Å². The van der Waals surface area contributed by atoms with Crippen LogP contribution in [-0.2, 0) is 16.4 Å². The molecule has 5 heteroatoms. The van der Waals surface area contributed by atoms with Crippen LogP contribution in [-0.4, -0.2) is 20.7 Å². The van der Waals surface area contributed by atoms with Gasteiger partial charge in [-0.3, -0.25) is 4.72 Å². The molecule has 17 heavy (non-hydrogen) atoms. The molecule has 0 amide bonds. The van der Waals surface area contributed by atoms with Crippen LogP contribution in [0.2, 0.25) is 0 Å². The Balaban J connectivity index is 2.20. The van der Waals surface area contributed by atoms with Crippen molar-refractivity contribution in [3.63, 3.8) is 0 Å². The first kappa shape index (κ1) is 12.0. The van der Waals surface area contributed by atoms with Gasteiger partial charge in [-0.1, -0.05) is 12.1 Å². The van der Waals surface area contributed by atoms with Gasteiger partial charge in [-0.25, -0.2) is 8.42 Å². The zero-order valence-corrected chi connectivity index (χ0v) is 10.4. The molecule has 1 aromatic rings. The van der Waals surface area contributed by atoms with Crippen LogP contribution in [0, 0.1) is 0 Å². The van der Waals surface area contributed by atoms with Crippen molar-refractivity contribution in [2.45, 2.75) is 12.8 Å². The second kappa shape index (κ2) is 4.79. The lowest BCUT2D eigenvalue weighted by molar-refractivity contribution is 0.604. The SMILES string of the molecule is C=CCS(=O)(=O)Nc1ccc2c(c1)NCCC2. The summed E-state index contributed by atoms with van der Waals surface area (Å²) in [6.45, 7) is 4.37. The van der Waals surface area contributed by atoms with E-state index in [0.717, 1.165) is 25.1 Å². The Morgan fingerprint density at radius 3 is 3.06 bits per heavy atom. The van der Waals surface area contributed by atoms with Crippen LogP contribution in [0.25, 0.3) is 0 Å². The Morgan fingerprint density at radius 1 is 1.47 bits per heavy atom. The molecule has 0 saturated heterocycles. The predicted octanol–water partition coefficient (Wildman–Crippen LogP) is 1.97. The van der Waals surface area contributed by atoms with Gasteiger partial charge in [-0.2, -0.15) is 0 Å². The first-order valence-corrected chi connectivity index (χ1v) is 7.24. The van der Waals surface area contributed by atoms with Crippen molar-refractivity contribution in [3.05, 3.63) is 36.4 Å². The number of benzene rings is 1. The molecule has 1 heterocycles. The number of aryl methyl sites for hydroxylation is 1. The molecule has 0 unspecified atom stereocenters. The zero-order chi connectivity index (χ0) is 12.3. The third-order valence-corrected chi connectivity index (χ3v) is 3.88. The fraction of sp³-hybridized carbons (Fsp3) is 0.333. The van der Waals surface area contributed by atoms with E-state index in [1.54, 1.807) is 6.07 Å². The summed E-state index contributed by atoms with van der Waals surface area (Å²) in [6, 6.07) is 5.61. The van der Waals surface area contributed by atoms with Gasteiger partial charge >= 0.3 is 0 Å². The Kier molecular flexibility index (Phi) is 3.38. The highest BCUT2D eigenvalue weighted by atomic mass is 32.2. The van der Waals surface area contributed by atoms with Crippen LogP contribution in [0.4, 0.5) is 11.4 Å². The lowest BCUT2D eigenvalue weighted by Crippen LogP contribution is -2.16. The number of hydrogen-bond acceptors (Lipinski definition) is 3. The molecule has 0 radical (unpaired) electrons. The lowest BCUT2D eigenvalue weighted by atomic mass is 10.0. The summed E-state index contributed by atoms with van der Waals surface area (Å²) in [5.74, 6) is -0.0719. The molecule has 0 aliphatic carbocycles. The smallest absolute Gasteiger partial charge is 0.236 e. The van der Waals surface area contributed by atoms with E-state index in [1.807, 2.05) is 12.1 Å². The second-order valence-electron chi connectivity index (χ2n) is 4.07. The third-order valence-electron chi connectivity index (χ3n) is 2.66. The van der Waals surface area contributed by atoms with Crippen LogP contribution in [0.3, 0.4) is 0 Å². The summed E-state index contributed by atoms with van der Waals surface area (Å²) in [7, 11) is -3.31. The van der Waals surface area contributed by atoms with Gasteiger partial charge in [0.05, 0.1) is 11.4 Å². The van der Waals surface area contributed by atoms with E-state index in [1.165, 1.54) is 11.6 Å². The van der Waals surface area contributed by atoms with Crippen molar-refractivity contribution in [2.75, 3.05) is 22.3 Å². The van der Waals surface area contributed by atoms with Crippen molar-refractivity contribution >= 4 is 21.4 Å². The van der Waals surface area contributed by atoms with Gasteiger partial charge in [-0.05, 0) is 30.5 Å². The fourth-order valence-electron chi connectivity index (χ4n) is 1.90. The van der Waals surface area contributed by atoms with Crippen LogP contribution < -0.4 is 10.0 Å². The molecule has 0 bridgehead atoms. The minimum atomic E-state index is -3.31. The van der Waals surface area contributed by atoms with Gasteiger partial charge in [-0.15, -0.1) is 6.58 Å². The second-order valence-corrected chi connectivity index (χ2v) is 5.84. The highest BCUT2D eigenvalue weighted by Gasteiger charge is 2.12. The van der Waals surface area contributed by atoms with E-state index in [4.69, 9.17) is 0 Å². The number of fused-ring (bicyclic) bond motifs is 1. The molecule has 0 spiro atoms. The van der Waals surface area contributed by atoms with Gasteiger partial charge < -0.3 is 5.32 Å². The Morgan fingerprint density at radius 2 is 2.29 bits per heavy atom. The molecule has 0 fully saturated rings. The molecule has 0 atom stereocenters. The highest BCUT2D eigenvalue weighted by Crippen LogP contribution is 2.25. The third kappa shape index (κ3) is 3.00. The molecule has 2 N–H and O–H groups in total. The van der Waals surface area contributed by atoms with Gasteiger partial charge in [0.1, 0.15) is 0 Å². The molecule has 0 saturated carbocycles. The maximum Gasteiger partial charge on any atom is 0.236 e. The summed E-state index contributed by atoms with van der Waals surface area (Å²) >= 11 is 0. The summed E-state index contributed by atoms with van der Waals surface area (Å²) in [6.07, 6.45) is 3.54. The first-order chi connectivity index (χ1) is 8.11. The number of anilines is 2. The number of rotatable bonds is 4. The molecule has 92 valence electrons. The standard InChI is InChI=1S/C12H16N2O2S/c1-2-8-17(15,16)14-11-6-5-10-4-3-7-13-12(10)9-11/h2,5-6,9,13-14H,1,3-4,7-8H2. The van der Waals surface area contributed by atoms with Crippen molar-refractivity contribution in [2.24, 2.45) is 0 Å². The molecule has 1 aliphatic rings. The van der Waals surface area contributed by atoms with E-state index in [0.29, 0.717) is 5.69 Å². The van der Waals surface area contributed by atoms with Gasteiger partial charge in [0.15, 0.2) is 0 Å². The van der Waals surface area contributed by atoms with Gasteiger partial charge in [0, 0.05) is 12.2 Å². The Bertz CT molecular complexity index is 523. The monoisotopic (exact) mass is 252 g/mol. The summed E-state index contributed by atoms with van der Waals surface area (Å²) in [4.78, 5) is 0. The maximum atomic E-state index is 11.6. The fourth-order valence-corrected chi connectivity index (χ4v) is 2.78. The van der Waals surface area contributed by atoms with Crippen LogP contribution in [0.15, 0.2) is 30.9 Å². The van der Waals surface area contributed by atoms with Crippen molar-refractivity contribution < 1.29 is 8.42 Å². The number of sulfonamides is 1. The van der Waals surface area contributed by atoms with Crippen LogP contribution >= 0.6 is 0 Å². The molecule has 2 rings (SSSR count). The molecular formula is C12H16N2O2S. The average Bonchev–Trinajstić information content (AvgIpc) is 2.28. The molecule has 4 nitrogen and oxygen atoms in total. The van der Waals surface area contributed by atoms with Gasteiger partial charge in [0.2, 0.25) is 10.0 Å². The average molecular weight is 252 g/mol. The number of nitrogens with one attached hydrogen (secondary N) is 2. The van der Waals surface area contributed by atoms with Gasteiger partial charge in [0.25, 0.3) is 0 Å². The first-order valence-electron chi connectivity index (χ1n) is 5.59. The van der Waals surface area contributed by atoms with E-state index < -0.39 is 10.0 Å². The minimum absolute atomic E-state index is 0.0719. The van der Waals surface area contributed by atoms with E-state index in [-0.39, 0.29) is 5.75 Å². The quantitative estimate of drug-likeness (QED) is 0.805. The highest BCUT2D eigenvalue weighted by molar-refractivity contribution is 7.92. The largest absolute Gasteiger partial charge is 0.385 e. The molecule has 1 aliphatic heterocycles.